The molecule has 8 heteroatoms. The fraction of sp³-hybridized carbons (Fsp3) is 0.480. The number of carbonyl (C=O) groups excluding carboxylic acids is 1. The minimum atomic E-state index is -3.56. The summed E-state index contributed by atoms with van der Waals surface area (Å²) in [6, 6.07) is 14.9. The third-order valence-corrected chi connectivity index (χ3v) is 8.04. The second-order valence-electron chi connectivity index (χ2n) is 8.24. The molecule has 33 heavy (non-hydrogen) atoms. The number of Topliss-reactive ketones (excluding diaryl/α,β-unsaturated/α-hetero) is 1. The van der Waals surface area contributed by atoms with Crippen LogP contribution in [-0.2, 0) is 14.8 Å². The number of ketones is 1. The van der Waals surface area contributed by atoms with Crippen molar-refractivity contribution in [2.75, 3.05) is 52.5 Å². The summed E-state index contributed by atoms with van der Waals surface area (Å²) in [6.45, 7) is 10.5. The quantitative estimate of drug-likeness (QED) is 0.506. The largest absolute Gasteiger partial charge is 0.379 e. The molecule has 7 nitrogen and oxygen atoms in total. The van der Waals surface area contributed by atoms with Crippen LogP contribution in [0.1, 0.15) is 41.4 Å². The molecular weight excluding hydrogens is 438 g/mol. The summed E-state index contributed by atoms with van der Waals surface area (Å²) in [5, 5.41) is 3.31. The molecular formula is C25H35N3O4S. The van der Waals surface area contributed by atoms with E-state index in [2.05, 4.69) is 55.3 Å². The Morgan fingerprint density at radius 3 is 2.21 bits per heavy atom. The average Bonchev–Trinajstić information content (AvgIpc) is 2.85. The zero-order valence-electron chi connectivity index (χ0n) is 19.8. The number of hydrogen-bond acceptors (Lipinski definition) is 6. The highest BCUT2D eigenvalue weighted by atomic mass is 32.2. The number of nitrogens with one attached hydrogen (secondary N) is 1. The summed E-state index contributed by atoms with van der Waals surface area (Å²) in [6.07, 6.45) is 0. The van der Waals surface area contributed by atoms with Crippen LogP contribution in [0.25, 0.3) is 0 Å². The normalized spacial score (nSPS) is 16.1. The summed E-state index contributed by atoms with van der Waals surface area (Å²) in [7, 11) is -3.56. The van der Waals surface area contributed by atoms with Crippen molar-refractivity contribution in [2.45, 2.75) is 31.7 Å². The van der Waals surface area contributed by atoms with Crippen LogP contribution in [0.5, 0.6) is 0 Å². The molecule has 1 atom stereocenters. The molecule has 1 aliphatic rings. The van der Waals surface area contributed by atoms with E-state index in [1.807, 2.05) is 0 Å². The molecule has 2 aromatic rings. The van der Waals surface area contributed by atoms with Crippen LogP contribution < -0.4 is 5.32 Å². The summed E-state index contributed by atoms with van der Waals surface area (Å²) in [5.74, 6) is -0.0625. The maximum Gasteiger partial charge on any atom is 0.243 e. The third-order valence-electron chi connectivity index (χ3n) is 6.12. The summed E-state index contributed by atoms with van der Waals surface area (Å²) in [5.41, 5.74) is 2.94. The number of ether oxygens (including phenoxy) is 1. The molecule has 1 saturated heterocycles. The number of morpholine rings is 1. The standard InChI is InChI=1S/C25H35N3O4S/c1-4-27(5-2)24(21-8-6-20(3)7-9-21)18-26-19-25(29)22-10-12-23(13-11-22)33(30,31)28-14-16-32-17-15-28/h6-13,24,26H,4-5,14-19H2,1-3H3. The van der Waals surface area contributed by atoms with E-state index in [-0.39, 0.29) is 23.3 Å². The van der Waals surface area contributed by atoms with Gasteiger partial charge in [-0.25, -0.2) is 8.42 Å². The van der Waals surface area contributed by atoms with Crippen LogP contribution in [0, 0.1) is 6.92 Å². The van der Waals surface area contributed by atoms with Crippen LogP contribution in [0.3, 0.4) is 0 Å². The van der Waals surface area contributed by atoms with Crippen LogP contribution in [-0.4, -0.2) is 75.9 Å². The van der Waals surface area contributed by atoms with Gasteiger partial charge >= 0.3 is 0 Å². The Labute approximate surface area is 197 Å². The lowest BCUT2D eigenvalue weighted by atomic mass is 10.0. The van der Waals surface area contributed by atoms with E-state index in [4.69, 9.17) is 4.74 Å². The van der Waals surface area contributed by atoms with E-state index in [9.17, 15) is 13.2 Å². The lowest BCUT2D eigenvalue weighted by Gasteiger charge is -2.30. The molecule has 0 amide bonds. The Morgan fingerprint density at radius 1 is 1.03 bits per heavy atom. The fourth-order valence-electron chi connectivity index (χ4n) is 4.08. The molecule has 180 valence electrons. The van der Waals surface area contributed by atoms with Crippen molar-refractivity contribution >= 4 is 15.8 Å². The molecule has 0 aromatic heterocycles. The summed E-state index contributed by atoms with van der Waals surface area (Å²) >= 11 is 0. The van der Waals surface area contributed by atoms with Crippen molar-refractivity contribution in [3.8, 4) is 0 Å². The maximum atomic E-state index is 12.8. The topological polar surface area (TPSA) is 79.0 Å². The molecule has 1 fully saturated rings. The van der Waals surface area contributed by atoms with Crippen LogP contribution in [0.15, 0.2) is 53.4 Å². The zero-order valence-corrected chi connectivity index (χ0v) is 20.6. The molecule has 0 bridgehead atoms. The highest BCUT2D eigenvalue weighted by molar-refractivity contribution is 7.89. The minimum Gasteiger partial charge on any atom is -0.379 e. The first kappa shape index (κ1) is 25.5. The first-order chi connectivity index (χ1) is 15.9. The van der Waals surface area contributed by atoms with Gasteiger partial charge in [0.25, 0.3) is 0 Å². The van der Waals surface area contributed by atoms with Gasteiger partial charge in [-0.1, -0.05) is 55.8 Å². The fourth-order valence-corrected chi connectivity index (χ4v) is 5.49. The Balaban J connectivity index is 1.61. The predicted octanol–water partition coefficient (Wildman–Crippen LogP) is 2.87. The van der Waals surface area contributed by atoms with Crippen molar-refractivity contribution in [2.24, 2.45) is 0 Å². The number of aryl methyl sites for hydroxylation is 1. The lowest BCUT2D eigenvalue weighted by molar-refractivity contribution is 0.0730. The molecule has 1 unspecified atom stereocenters. The van der Waals surface area contributed by atoms with Gasteiger partial charge in [0.1, 0.15) is 0 Å². The Bertz CT molecular complexity index is 997. The van der Waals surface area contributed by atoms with Crippen LogP contribution in [0.4, 0.5) is 0 Å². The average molecular weight is 474 g/mol. The van der Waals surface area contributed by atoms with Crippen molar-refractivity contribution < 1.29 is 17.9 Å². The second kappa shape index (κ2) is 11.9. The van der Waals surface area contributed by atoms with Crippen molar-refractivity contribution in [3.05, 3.63) is 65.2 Å². The molecule has 0 spiro atoms. The van der Waals surface area contributed by atoms with Gasteiger partial charge in [-0.3, -0.25) is 9.69 Å². The molecule has 0 aliphatic carbocycles. The summed E-state index contributed by atoms with van der Waals surface area (Å²) < 4.78 is 32.2. The van der Waals surface area contributed by atoms with E-state index in [1.165, 1.54) is 27.6 Å². The van der Waals surface area contributed by atoms with Gasteiger partial charge in [-0.05, 0) is 37.7 Å². The van der Waals surface area contributed by atoms with E-state index >= 15 is 0 Å². The van der Waals surface area contributed by atoms with E-state index < -0.39 is 10.0 Å². The molecule has 0 radical (unpaired) electrons. The molecule has 0 saturated carbocycles. The van der Waals surface area contributed by atoms with Gasteiger partial charge in [0.2, 0.25) is 10.0 Å². The Kier molecular flexibility index (Phi) is 9.17. The lowest BCUT2D eigenvalue weighted by Crippen LogP contribution is -2.40. The molecule has 3 rings (SSSR count). The number of hydrogen-bond donors (Lipinski definition) is 1. The molecule has 1 N–H and O–H groups in total. The maximum absolute atomic E-state index is 12.8. The number of benzene rings is 2. The Hall–Kier alpha value is -2.10. The SMILES string of the molecule is CCN(CC)C(CNCC(=O)c1ccc(S(=O)(=O)N2CCOCC2)cc1)c1ccc(C)cc1. The molecule has 1 aliphatic heterocycles. The van der Waals surface area contributed by atoms with Crippen LogP contribution in [0.2, 0.25) is 0 Å². The zero-order chi connectivity index (χ0) is 23.8. The first-order valence-electron chi connectivity index (χ1n) is 11.6. The second-order valence-corrected chi connectivity index (χ2v) is 10.2. The highest BCUT2D eigenvalue weighted by Gasteiger charge is 2.26. The Morgan fingerprint density at radius 2 is 1.64 bits per heavy atom. The third kappa shape index (κ3) is 6.49. The van der Waals surface area contributed by atoms with Gasteiger partial charge in [0.15, 0.2) is 5.78 Å². The number of rotatable bonds is 11. The molecule has 1 heterocycles. The van der Waals surface area contributed by atoms with Crippen LogP contribution >= 0.6 is 0 Å². The van der Waals surface area contributed by atoms with E-state index in [1.54, 1.807) is 12.1 Å². The number of sulfonamides is 1. The van der Waals surface area contributed by atoms with Crippen molar-refractivity contribution in [1.82, 2.24) is 14.5 Å². The number of likely N-dealkylation sites (N-methyl/N-ethyl adjacent to an activating group) is 1. The van der Waals surface area contributed by atoms with Gasteiger partial charge in [0.05, 0.1) is 24.7 Å². The van der Waals surface area contributed by atoms with Gasteiger partial charge < -0.3 is 10.1 Å². The number of nitrogens with zero attached hydrogens (tertiary/aromatic N) is 2. The molecule has 2 aromatic carbocycles. The monoisotopic (exact) mass is 473 g/mol. The number of carbonyl (C=O) groups is 1. The highest BCUT2D eigenvalue weighted by Crippen LogP contribution is 2.21. The van der Waals surface area contributed by atoms with E-state index in [0.717, 1.165) is 13.1 Å². The first-order valence-corrected chi connectivity index (χ1v) is 13.0. The van der Waals surface area contributed by atoms with Crippen molar-refractivity contribution in [1.29, 1.82) is 0 Å². The van der Waals surface area contributed by atoms with Gasteiger partial charge in [0, 0.05) is 31.2 Å². The van der Waals surface area contributed by atoms with Gasteiger partial charge in [-0.2, -0.15) is 4.31 Å². The predicted molar refractivity (Wildman–Crippen MR) is 130 cm³/mol. The smallest absolute Gasteiger partial charge is 0.243 e. The minimum absolute atomic E-state index is 0.0625. The van der Waals surface area contributed by atoms with Gasteiger partial charge in [-0.15, -0.1) is 0 Å². The summed E-state index contributed by atoms with van der Waals surface area (Å²) in [4.78, 5) is 15.3. The van der Waals surface area contributed by atoms with E-state index in [0.29, 0.717) is 38.4 Å². The van der Waals surface area contributed by atoms with Crippen molar-refractivity contribution in [3.63, 3.8) is 0 Å².